The van der Waals surface area contributed by atoms with Crippen molar-refractivity contribution >= 4 is 87.8 Å². The number of carbonyl (C=O) groups excluding carboxylic acids is 9. The molecule has 1 fully saturated rings. The van der Waals surface area contributed by atoms with Gasteiger partial charge >= 0.3 is 0 Å². The average Bonchev–Trinajstić information content (AvgIpc) is 0.833. The van der Waals surface area contributed by atoms with Gasteiger partial charge < -0.3 is 122 Å². The number of hydrogen-bond acceptors (Lipinski definition) is 19. The Kier molecular flexibility index (Phi) is 42.7. The fraction of sp³-hybridized carbons (Fsp3) is 0.527. The van der Waals surface area contributed by atoms with Crippen LogP contribution in [0.4, 0.5) is 0 Å². The van der Waals surface area contributed by atoms with Crippen LogP contribution in [0.25, 0.3) is 10.8 Å². The molecule has 36 nitrogen and oxygen atoms in total. The predicted octanol–water partition coefficient (Wildman–Crippen LogP) is -3.01. The number of amides is 9. The number of carbonyl (C=O) groups is 9. The Balaban J connectivity index is 1.55. The fourth-order valence-corrected chi connectivity index (χ4v) is 11.3. The van der Waals surface area contributed by atoms with Gasteiger partial charge in [0.25, 0.3) is 0 Å². The van der Waals surface area contributed by atoms with Crippen LogP contribution in [0.15, 0.2) is 123 Å². The summed E-state index contributed by atoms with van der Waals surface area (Å²) >= 11 is 0. The molecule has 1 aliphatic rings. The van der Waals surface area contributed by atoms with Crippen LogP contribution in [-0.2, 0) is 90.8 Å². The van der Waals surface area contributed by atoms with Gasteiger partial charge in [-0.25, -0.2) is 0 Å². The quantitative estimate of drug-likeness (QED) is 0.0119. The largest absolute Gasteiger partial charge is 0.379 e. The molecule has 8 atom stereocenters. The zero-order chi connectivity index (χ0) is 79.7. The number of aliphatic imine (C=N–C) groups is 4. The van der Waals surface area contributed by atoms with Crippen LogP contribution in [0, 0.1) is 0 Å². The lowest BCUT2D eigenvalue weighted by Gasteiger charge is -2.29. The normalized spacial score (nSPS) is 19.1. The lowest BCUT2D eigenvalue weighted by Crippen LogP contribution is -2.62. The van der Waals surface area contributed by atoms with Crippen LogP contribution in [0.5, 0.6) is 0 Å². The number of rotatable bonds is 44. The number of ether oxygens (including phenoxy) is 6. The summed E-state index contributed by atoms with van der Waals surface area (Å²) in [4.78, 5) is 151. The Morgan fingerprint density at radius 2 is 0.618 bits per heavy atom. The third kappa shape index (κ3) is 37.4. The van der Waals surface area contributed by atoms with E-state index in [-0.39, 0.29) is 160 Å². The summed E-state index contributed by atoms with van der Waals surface area (Å²) in [5.74, 6) is -8.80. The van der Waals surface area contributed by atoms with E-state index in [9.17, 15) is 14.4 Å². The van der Waals surface area contributed by atoms with Gasteiger partial charge in [0.1, 0.15) is 48.3 Å². The van der Waals surface area contributed by atoms with E-state index in [1.54, 1.807) is 66.7 Å². The molecule has 110 heavy (non-hydrogen) atoms. The molecule has 0 saturated carbocycles. The molecule has 25 N–H and O–H groups in total. The van der Waals surface area contributed by atoms with Crippen LogP contribution >= 0.6 is 0 Å². The van der Waals surface area contributed by atoms with Crippen molar-refractivity contribution in [3.05, 3.63) is 120 Å². The lowest BCUT2D eigenvalue weighted by molar-refractivity contribution is -0.137. The highest BCUT2D eigenvalue weighted by Gasteiger charge is 2.37. The molecule has 0 aliphatic carbocycles. The van der Waals surface area contributed by atoms with E-state index in [0.29, 0.717) is 76.2 Å². The fourth-order valence-electron chi connectivity index (χ4n) is 11.3. The highest BCUT2D eigenvalue weighted by molar-refractivity contribution is 5.99. The minimum Gasteiger partial charge on any atom is -0.379 e. The van der Waals surface area contributed by atoms with E-state index >= 15 is 28.8 Å². The lowest BCUT2D eigenvalue weighted by atomic mass is 9.99. The Morgan fingerprint density at radius 3 is 0.955 bits per heavy atom. The summed E-state index contributed by atoms with van der Waals surface area (Å²) in [5, 5.41) is 26.7. The van der Waals surface area contributed by atoms with E-state index in [1.807, 2.05) is 43.3 Å². The number of benzene rings is 4. The molecule has 9 amide bonds. The van der Waals surface area contributed by atoms with Gasteiger partial charge in [-0.2, -0.15) is 0 Å². The maximum Gasteiger partial charge on any atom is 0.243 e. The van der Waals surface area contributed by atoms with Crippen molar-refractivity contribution in [2.24, 2.45) is 65.8 Å². The molecule has 1 aliphatic heterocycles. The van der Waals surface area contributed by atoms with Gasteiger partial charge in [-0.1, -0.05) is 103 Å². The molecule has 4 aromatic rings. The Morgan fingerprint density at radius 1 is 0.336 bits per heavy atom. The Hall–Kier alpha value is -10.8. The second-order valence-corrected chi connectivity index (χ2v) is 25.7. The molecule has 1 saturated heterocycles. The third-order valence-corrected chi connectivity index (χ3v) is 17.0. The molecule has 0 radical (unpaired) electrons. The molecule has 4 aromatic carbocycles. The number of hydrogen-bond donors (Lipinski definition) is 17. The van der Waals surface area contributed by atoms with Crippen molar-refractivity contribution in [3.8, 4) is 0 Å². The summed E-state index contributed by atoms with van der Waals surface area (Å²) in [6.45, 7) is 6.29. The van der Waals surface area contributed by atoms with Crippen LogP contribution in [-0.4, -0.2) is 237 Å². The van der Waals surface area contributed by atoms with Crippen molar-refractivity contribution in [1.29, 1.82) is 0 Å². The third-order valence-electron chi connectivity index (χ3n) is 17.0. The van der Waals surface area contributed by atoms with Crippen molar-refractivity contribution in [2.45, 2.75) is 139 Å². The smallest absolute Gasteiger partial charge is 0.243 e. The Labute approximate surface area is 641 Å². The zero-order valence-corrected chi connectivity index (χ0v) is 62.7. The standard InChI is InChI=1S/C74H113N21O15/c1-2-105-35-36-107-39-40-109-43-44-110-42-41-108-38-37-106-34-33-83-62(96)28-27-58-67(101)93-59(46-49-15-5-3-6-16-49)69(103)94-60(47-50-17-7-4-8-18-50)70(104)95-61(48-51-25-26-52-19-9-10-20-53(52)45-51)68(102)91-57(24-14-32-87-74(81)82)65(99)89-55(22-12-30-85-72(77)78)63(97)88-54(21-11-29-84-71(75)76)64(98)90-56(66(100)92-58)23-13-31-86-73(79)80/h3-10,15-20,25-26,45,54-61H,2,11-14,21-24,27-44,46-48H2,1H3,(H,83,96)(H,88,97)(H,89,99)(H,90,98)(H,91,102)(H,92,100)(H,93,101)(H,94,103)(H,95,104)(H4,75,76,84)(H4,77,78,85)(H4,79,80,86)(H4,81,82,87)/t54-,55+,56+,57-,58-,59-,60+,61-/m0/s1. The van der Waals surface area contributed by atoms with Gasteiger partial charge in [0.2, 0.25) is 53.2 Å². The first-order chi connectivity index (χ1) is 53.1. The van der Waals surface area contributed by atoms with Gasteiger partial charge in [0, 0.05) is 65.0 Å². The zero-order valence-electron chi connectivity index (χ0n) is 62.7. The summed E-state index contributed by atoms with van der Waals surface area (Å²) in [6.07, 6.45) is -1.63. The van der Waals surface area contributed by atoms with Gasteiger partial charge in [-0.3, -0.25) is 63.1 Å². The van der Waals surface area contributed by atoms with E-state index in [2.05, 4.69) is 67.8 Å². The van der Waals surface area contributed by atoms with Crippen molar-refractivity contribution in [1.82, 2.24) is 47.9 Å². The number of nitrogens with zero attached hydrogens (tertiary/aromatic N) is 4. The maximum absolute atomic E-state index is 15.4. The number of nitrogens with one attached hydrogen (secondary N) is 9. The van der Waals surface area contributed by atoms with E-state index in [0.717, 1.165) is 10.8 Å². The van der Waals surface area contributed by atoms with Crippen LogP contribution in [0.2, 0.25) is 0 Å². The van der Waals surface area contributed by atoms with Crippen LogP contribution in [0.3, 0.4) is 0 Å². The summed E-state index contributed by atoms with van der Waals surface area (Å²) in [5.41, 5.74) is 47.1. The first-order valence-electron chi connectivity index (χ1n) is 37.0. The highest BCUT2D eigenvalue weighted by atomic mass is 16.6. The van der Waals surface area contributed by atoms with E-state index < -0.39 is 101 Å². The topological polar surface area (TPSA) is 575 Å². The van der Waals surface area contributed by atoms with Crippen molar-refractivity contribution < 1.29 is 71.6 Å². The highest BCUT2D eigenvalue weighted by Crippen LogP contribution is 2.19. The summed E-state index contributed by atoms with van der Waals surface area (Å²) in [6, 6.07) is 18.2. The van der Waals surface area contributed by atoms with E-state index in [1.165, 1.54) is 0 Å². The Bertz CT molecular complexity index is 3600. The second-order valence-electron chi connectivity index (χ2n) is 25.7. The maximum atomic E-state index is 15.4. The van der Waals surface area contributed by atoms with Crippen molar-refractivity contribution in [2.75, 3.05) is 112 Å². The van der Waals surface area contributed by atoms with Gasteiger partial charge in [-0.05, 0) is 92.2 Å². The average molecular weight is 1540 g/mol. The summed E-state index contributed by atoms with van der Waals surface area (Å²) < 4.78 is 33.0. The molecule has 604 valence electrons. The molecule has 0 aromatic heterocycles. The number of guanidine groups is 4. The first-order valence-corrected chi connectivity index (χ1v) is 37.0. The molecular formula is C74H113N21O15. The van der Waals surface area contributed by atoms with Gasteiger partial charge in [0.05, 0.1) is 72.7 Å². The minimum atomic E-state index is -1.63. The van der Waals surface area contributed by atoms with Gasteiger partial charge in [0.15, 0.2) is 23.8 Å². The van der Waals surface area contributed by atoms with Crippen LogP contribution in [0.1, 0.15) is 87.8 Å². The summed E-state index contributed by atoms with van der Waals surface area (Å²) in [7, 11) is 0. The minimum absolute atomic E-state index is 0.00447. The monoisotopic (exact) mass is 1540 g/mol. The number of nitrogens with two attached hydrogens (primary N) is 8. The molecule has 0 bridgehead atoms. The first kappa shape index (κ1) is 89.8. The SMILES string of the molecule is CCOCCOCCOCCOCCOCCOCCNC(=O)CC[C@@H]1NC(=O)[C@@H](CCCN=C(N)N)NC(=O)[C@H](CCCN=C(N)N)NC(=O)[C@@H](CCCN=C(N)N)NC(=O)[C@H](CCCN=C(N)N)NC(=O)[C@H](Cc2ccc3ccccc3c2)NC(=O)[C@@H](Cc2ccccc2)NC(=O)[C@H](Cc2ccccc2)NC1=O. The van der Waals surface area contributed by atoms with E-state index in [4.69, 9.17) is 74.3 Å². The molecule has 36 heteroatoms. The second kappa shape index (κ2) is 52.3. The molecule has 0 spiro atoms. The van der Waals surface area contributed by atoms with Gasteiger partial charge in [-0.15, -0.1) is 0 Å². The molecular weight excluding hydrogens is 1420 g/mol. The predicted molar refractivity (Wildman–Crippen MR) is 416 cm³/mol. The number of fused-ring (bicyclic) bond motifs is 1. The molecule has 1 heterocycles. The van der Waals surface area contributed by atoms with Crippen molar-refractivity contribution in [3.63, 3.8) is 0 Å². The van der Waals surface area contributed by atoms with Crippen LogP contribution < -0.4 is 93.7 Å². The molecule has 5 rings (SSSR count). The molecule has 0 unspecified atom stereocenters.